The Kier molecular flexibility index (Phi) is 16.9. The predicted molar refractivity (Wildman–Crippen MR) is 63.1 cm³/mol. The van der Waals surface area contributed by atoms with Gasteiger partial charge in [-0.3, -0.25) is 0 Å². The molecule has 0 saturated heterocycles. The van der Waals surface area contributed by atoms with Crippen molar-refractivity contribution in [1.29, 1.82) is 0 Å². The van der Waals surface area contributed by atoms with E-state index in [2.05, 4.69) is 0 Å². The third kappa shape index (κ3) is 18.4. The largest absolute Gasteiger partial charge is 0.388 e. The van der Waals surface area contributed by atoms with Gasteiger partial charge < -0.3 is 20.6 Å². The van der Waals surface area contributed by atoms with E-state index in [1.54, 1.807) is 0 Å². The van der Waals surface area contributed by atoms with Crippen molar-refractivity contribution in [2.75, 3.05) is 13.1 Å². The van der Waals surface area contributed by atoms with Gasteiger partial charge in [-0.05, 0) is 0 Å². The van der Waals surface area contributed by atoms with Crippen molar-refractivity contribution in [3.8, 4) is 0 Å². The molecule has 0 spiro atoms. The summed E-state index contributed by atoms with van der Waals surface area (Å²) >= 11 is 0. The molecule has 0 aliphatic rings. The van der Waals surface area contributed by atoms with Crippen LogP contribution < -0.4 is 0 Å². The Hall–Kier alpha value is -2.40. The van der Waals surface area contributed by atoms with E-state index in [0.29, 0.717) is 0 Å². The average Bonchev–Trinajstić information content (AvgIpc) is 2.46. The number of hydrogen-bond acceptors (Lipinski definition) is 10. The summed E-state index contributed by atoms with van der Waals surface area (Å²) in [4.78, 5) is 16.7. The predicted octanol–water partition coefficient (Wildman–Crippen LogP) is 0.0340. The molecule has 14 nitrogen and oxygen atoms in total. The number of halogens is 8. The van der Waals surface area contributed by atoms with Crippen LogP contribution in [0, 0.1) is 20.2 Å². The summed E-state index contributed by atoms with van der Waals surface area (Å²) in [7, 11) is 0. The Balaban J connectivity index is -0.000000656. The molecule has 0 aliphatic carbocycles. The Morgan fingerprint density at radius 1 is 0.679 bits per heavy atom. The van der Waals surface area contributed by atoms with E-state index < -0.39 is 68.9 Å². The van der Waals surface area contributed by atoms with Crippen molar-refractivity contribution < 1.29 is 66.7 Å². The van der Waals surface area contributed by atoms with Crippen LogP contribution >= 0.6 is 0 Å². The summed E-state index contributed by atoms with van der Waals surface area (Å²) in [6, 6.07) is -5.54. The van der Waals surface area contributed by atoms with E-state index in [4.69, 9.17) is 30.6 Å². The Morgan fingerprint density at radius 3 is 0.964 bits per heavy atom. The lowest BCUT2D eigenvalue weighted by Gasteiger charge is -2.30. The van der Waals surface area contributed by atoms with Gasteiger partial charge in [0.15, 0.2) is 0 Å². The van der Waals surface area contributed by atoms with Crippen molar-refractivity contribution in [1.82, 2.24) is 21.4 Å². The summed E-state index contributed by atoms with van der Waals surface area (Å²) in [5.41, 5.74) is 0. The molecular formula is C6H12F8N6O8. The van der Waals surface area contributed by atoms with Gasteiger partial charge in [0, 0.05) is 21.4 Å². The lowest BCUT2D eigenvalue weighted by Crippen LogP contribution is -2.55. The van der Waals surface area contributed by atoms with Crippen molar-refractivity contribution in [3.63, 3.8) is 0 Å². The first-order valence-electron chi connectivity index (χ1n) is 5.96. The third-order valence-corrected chi connectivity index (χ3v) is 2.29. The van der Waals surface area contributed by atoms with Gasteiger partial charge in [-0.15, -0.1) is 56.1 Å². The van der Waals surface area contributed by atoms with Crippen LogP contribution in [0.4, 0.5) is 35.9 Å². The molecular weight excluding hydrogens is 436 g/mol. The number of aliphatic hydroxyl groups is 2. The van der Waals surface area contributed by atoms with Crippen molar-refractivity contribution >= 4 is 0 Å². The first-order chi connectivity index (χ1) is 12.5. The van der Waals surface area contributed by atoms with Gasteiger partial charge in [0.1, 0.15) is 24.3 Å². The molecule has 0 aromatic heterocycles. The highest BCUT2D eigenvalue weighted by atomic mass is 19.4. The fourth-order valence-corrected chi connectivity index (χ4v) is 1.31. The molecule has 0 saturated carbocycles. The number of aliphatic hydroxyl groups excluding tert-OH is 2. The Bertz CT molecular complexity index is 392. The van der Waals surface area contributed by atoms with Crippen LogP contribution in [-0.4, -0.2) is 89.6 Å². The number of rotatable bonds is 9. The molecule has 0 aromatic carbocycles. The van der Waals surface area contributed by atoms with E-state index >= 15 is 0 Å². The maximum absolute atomic E-state index is 12.2. The van der Waals surface area contributed by atoms with E-state index in [9.17, 15) is 46.1 Å². The van der Waals surface area contributed by atoms with Crippen LogP contribution in [-0.2, 0) is 0 Å². The second-order valence-electron chi connectivity index (χ2n) is 4.08. The summed E-state index contributed by atoms with van der Waals surface area (Å²) < 4.78 is 96.3. The molecule has 4 atom stereocenters. The van der Waals surface area contributed by atoms with Gasteiger partial charge in [0.2, 0.25) is 0 Å². The molecule has 28 heavy (non-hydrogen) atoms. The van der Waals surface area contributed by atoms with Crippen LogP contribution in [0.3, 0.4) is 0 Å². The quantitative estimate of drug-likeness (QED) is 0.161. The maximum atomic E-state index is 12.2. The van der Waals surface area contributed by atoms with Crippen LogP contribution in [0.5, 0.6) is 0 Å². The average molecular weight is 448 g/mol. The van der Waals surface area contributed by atoms with Gasteiger partial charge in [0.05, 0.1) is 13.1 Å². The number of nitrogens with zero attached hydrogens (tertiary/aromatic N) is 6. The minimum atomic E-state index is -2.84. The summed E-state index contributed by atoms with van der Waals surface area (Å²) in [5, 5.41) is 38.2. The molecule has 0 amide bonds. The normalized spacial score (nSPS) is 15.2. The zero-order valence-electron chi connectivity index (χ0n) is 12.9. The topological polar surface area (TPSA) is 180 Å². The van der Waals surface area contributed by atoms with Gasteiger partial charge >= 0.3 is 0 Å². The monoisotopic (exact) mass is 448 g/mol. The first-order valence-corrected chi connectivity index (χ1v) is 5.96. The van der Waals surface area contributed by atoms with Crippen molar-refractivity contribution in [2.45, 2.75) is 24.3 Å². The van der Waals surface area contributed by atoms with Crippen molar-refractivity contribution in [3.05, 3.63) is 20.2 Å². The first kappa shape index (κ1) is 30.3. The van der Waals surface area contributed by atoms with E-state index in [-0.39, 0.29) is 0 Å². The summed E-state index contributed by atoms with van der Waals surface area (Å²) in [6.45, 7) is -3.63. The third-order valence-electron chi connectivity index (χ3n) is 2.29. The molecule has 0 aliphatic heterocycles. The lowest BCUT2D eigenvalue weighted by molar-refractivity contribution is -0.742. The highest BCUT2D eigenvalue weighted by Gasteiger charge is 2.42. The van der Waals surface area contributed by atoms with Gasteiger partial charge in [0.25, 0.3) is 10.2 Å². The standard InChI is InChI=1S/C6H10F8N4O2.2HNO3/c7-15(8)1-3(17(11)12)5(19)6(20)4(18(13)14)2-16(9)10;2*2-1(3)4/h3-6,19-20H,1-2H2;2*(H,2,3,4). The molecule has 0 fully saturated rings. The van der Waals surface area contributed by atoms with E-state index in [1.807, 2.05) is 0 Å². The molecule has 4 N–H and O–H groups in total. The zero-order chi connectivity index (χ0) is 23.2. The highest BCUT2D eigenvalue weighted by molar-refractivity contribution is 4.87. The Morgan fingerprint density at radius 2 is 0.857 bits per heavy atom. The molecule has 0 radical (unpaired) electrons. The zero-order valence-corrected chi connectivity index (χ0v) is 12.9. The Labute approximate surface area is 147 Å². The van der Waals surface area contributed by atoms with E-state index in [0.717, 1.165) is 0 Å². The minimum Gasteiger partial charge on any atom is -0.388 e. The summed E-state index contributed by atoms with van der Waals surface area (Å²) in [5.74, 6) is 0. The van der Waals surface area contributed by atoms with Crippen LogP contribution in [0.15, 0.2) is 0 Å². The van der Waals surface area contributed by atoms with E-state index in [1.165, 1.54) is 0 Å². The molecule has 0 aromatic rings. The fourth-order valence-electron chi connectivity index (χ4n) is 1.31. The smallest absolute Gasteiger partial charge is 0.291 e. The maximum Gasteiger partial charge on any atom is 0.291 e. The van der Waals surface area contributed by atoms with Gasteiger partial charge in [-0.2, -0.15) is 0 Å². The molecule has 170 valence electrons. The molecule has 0 bridgehead atoms. The highest BCUT2D eigenvalue weighted by Crippen LogP contribution is 2.19. The van der Waals surface area contributed by atoms with Gasteiger partial charge in [-0.1, -0.05) is 0 Å². The minimum absolute atomic E-state index is 1.50. The molecule has 0 rings (SSSR count). The SMILES string of the molecule is O=[N+]([O-])O.O=[N+]([O-])O.OC(C(O)C(CN(F)F)N(F)F)C(CN(F)F)N(F)F. The molecule has 4 unspecified atom stereocenters. The van der Waals surface area contributed by atoms with Gasteiger partial charge in [-0.25, -0.2) is 0 Å². The lowest BCUT2D eigenvalue weighted by atomic mass is 10.00. The second-order valence-corrected chi connectivity index (χ2v) is 4.08. The second kappa shape index (κ2) is 15.6. The molecule has 22 heteroatoms. The summed E-state index contributed by atoms with van der Waals surface area (Å²) in [6.07, 6.45) is -5.67. The van der Waals surface area contributed by atoms with Crippen LogP contribution in [0.25, 0.3) is 0 Å². The molecule has 0 heterocycles. The fraction of sp³-hybridized carbons (Fsp3) is 1.00. The van der Waals surface area contributed by atoms with Crippen LogP contribution in [0.2, 0.25) is 0 Å². The van der Waals surface area contributed by atoms with Crippen LogP contribution in [0.1, 0.15) is 0 Å². The number of hydrogen-bond donors (Lipinski definition) is 4. The van der Waals surface area contributed by atoms with Crippen molar-refractivity contribution in [2.24, 2.45) is 0 Å².